The van der Waals surface area contributed by atoms with Gasteiger partial charge in [0.2, 0.25) is 0 Å². The Morgan fingerprint density at radius 1 is 1.19 bits per heavy atom. The van der Waals surface area contributed by atoms with E-state index in [4.69, 9.17) is 0 Å². The summed E-state index contributed by atoms with van der Waals surface area (Å²) in [6.45, 7) is 5.61. The zero-order chi connectivity index (χ0) is 11.4. The van der Waals surface area contributed by atoms with E-state index in [0.717, 1.165) is 13.1 Å². The maximum Gasteiger partial charge on any atom is 0.135 e. The van der Waals surface area contributed by atoms with E-state index in [2.05, 4.69) is 23.6 Å². The van der Waals surface area contributed by atoms with Crippen LogP contribution in [-0.2, 0) is 4.79 Å². The lowest BCUT2D eigenvalue weighted by atomic mass is 10.0. The van der Waals surface area contributed by atoms with Crippen LogP contribution in [0.15, 0.2) is 43.0 Å². The molecule has 84 valence electrons. The van der Waals surface area contributed by atoms with Crippen molar-refractivity contribution in [1.82, 2.24) is 4.90 Å². The number of hydrogen-bond donors (Lipinski definition) is 0. The monoisotopic (exact) mass is 215 g/mol. The molecule has 1 unspecified atom stereocenters. The molecule has 1 saturated heterocycles. The molecule has 2 heteroatoms. The molecule has 0 saturated carbocycles. The predicted octanol–water partition coefficient (Wildman–Crippen LogP) is 2.58. The molecular formula is C14H17NO. The van der Waals surface area contributed by atoms with Crippen LogP contribution < -0.4 is 0 Å². The van der Waals surface area contributed by atoms with E-state index < -0.39 is 0 Å². The van der Waals surface area contributed by atoms with Crippen molar-refractivity contribution in [3.8, 4) is 0 Å². The second kappa shape index (κ2) is 5.08. The van der Waals surface area contributed by atoms with Crippen molar-refractivity contribution in [2.24, 2.45) is 0 Å². The van der Waals surface area contributed by atoms with Crippen LogP contribution in [0.4, 0.5) is 0 Å². The Balaban J connectivity index is 2.11. The van der Waals surface area contributed by atoms with E-state index in [1.165, 1.54) is 5.56 Å². The number of piperidine rings is 1. The van der Waals surface area contributed by atoms with Gasteiger partial charge in [0.25, 0.3) is 0 Å². The van der Waals surface area contributed by atoms with Crippen LogP contribution in [0.3, 0.4) is 0 Å². The largest absolute Gasteiger partial charge is 0.300 e. The SMILES string of the molecule is C=CC(c1ccccc1)N1CCC(=O)CC1. The minimum atomic E-state index is 0.245. The minimum Gasteiger partial charge on any atom is -0.300 e. The van der Waals surface area contributed by atoms with Crippen LogP contribution in [0.5, 0.6) is 0 Å². The number of likely N-dealkylation sites (tertiary alicyclic amines) is 1. The Morgan fingerprint density at radius 3 is 2.38 bits per heavy atom. The summed E-state index contributed by atoms with van der Waals surface area (Å²) in [4.78, 5) is 13.5. The molecule has 0 aliphatic carbocycles. The lowest BCUT2D eigenvalue weighted by Gasteiger charge is -2.32. The molecule has 1 fully saturated rings. The molecule has 1 atom stereocenters. The van der Waals surface area contributed by atoms with Crippen LogP contribution in [0, 0.1) is 0 Å². The van der Waals surface area contributed by atoms with Crippen molar-refractivity contribution in [2.75, 3.05) is 13.1 Å². The molecule has 0 N–H and O–H groups in total. The van der Waals surface area contributed by atoms with Gasteiger partial charge in [0.1, 0.15) is 5.78 Å². The molecule has 0 amide bonds. The molecule has 0 spiro atoms. The van der Waals surface area contributed by atoms with E-state index in [9.17, 15) is 4.79 Å². The highest BCUT2D eigenvalue weighted by molar-refractivity contribution is 5.79. The molecule has 16 heavy (non-hydrogen) atoms. The number of nitrogens with zero attached hydrogens (tertiary/aromatic N) is 1. The number of Topliss-reactive ketones (excluding diaryl/α,β-unsaturated/α-hetero) is 1. The first-order valence-electron chi connectivity index (χ1n) is 5.74. The number of carbonyl (C=O) groups excluding carboxylic acids is 1. The Kier molecular flexibility index (Phi) is 3.52. The van der Waals surface area contributed by atoms with Gasteiger partial charge in [0.15, 0.2) is 0 Å². The second-order valence-electron chi connectivity index (χ2n) is 4.17. The summed E-state index contributed by atoms with van der Waals surface area (Å²) in [5.74, 6) is 0.382. The number of benzene rings is 1. The van der Waals surface area contributed by atoms with Gasteiger partial charge in [-0.1, -0.05) is 36.4 Å². The average molecular weight is 215 g/mol. The number of ketones is 1. The van der Waals surface area contributed by atoms with Crippen molar-refractivity contribution in [2.45, 2.75) is 18.9 Å². The number of carbonyl (C=O) groups is 1. The first-order chi connectivity index (χ1) is 7.81. The standard InChI is InChI=1S/C14H17NO/c1-2-14(12-6-4-3-5-7-12)15-10-8-13(16)9-11-15/h2-7,14H,1,8-11H2. The average Bonchev–Trinajstić information content (AvgIpc) is 2.34. The summed E-state index contributed by atoms with van der Waals surface area (Å²) < 4.78 is 0. The molecule has 0 bridgehead atoms. The minimum absolute atomic E-state index is 0.245. The zero-order valence-electron chi connectivity index (χ0n) is 9.43. The number of rotatable bonds is 3. The van der Waals surface area contributed by atoms with E-state index >= 15 is 0 Å². The summed E-state index contributed by atoms with van der Waals surface area (Å²) >= 11 is 0. The summed E-state index contributed by atoms with van der Waals surface area (Å²) in [6, 6.07) is 10.6. The third kappa shape index (κ3) is 2.39. The zero-order valence-corrected chi connectivity index (χ0v) is 9.43. The van der Waals surface area contributed by atoms with Gasteiger partial charge in [-0.05, 0) is 5.56 Å². The molecule has 1 aliphatic rings. The smallest absolute Gasteiger partial charge is 0.135 e. The van der Waals surface area contributed by atoms with Gasteiger partial charge in [0.05, 0.1) is 6.04 Å². The lowest BCUT2D eigenvalue weighted by molar-refractivity contribution is -0.121. The predicted molar refractivity (Wildman–Crippen MR) is 65.2 cm³/mol. The normalized spacial score (nSPS) is 19.4. The fourth-order valence-electron chi connectivity index (χ4n) is 2.20. The van der Waals surface area contributed by atoms with Gasteiger partial charge in [0, 0.05) is 25.9 Å². The van der Waals surface area contributed by atoms with Gasteiger partial charge >= 0.3 is 0 Å². The van der Waals surface area contributed by atoms with Crippen LogP contribution >= 0.6 is 0 Å². The van der Waals surface area contributed by atoms with Crippen LogP contribution in [-0.4, -0.2) is 23.8 Å². The van der Waals surface area contributed by atoms with Crippen LogP contribution in [0.25, 0.3) is 0 Å². The molecule has 2 nitrogen and oxygen atoms in total. The summed E-state index contributed by atoms with van der Waals surface area (Å²) in [7, 11) is 0. The van der Waals surface area contributed by atoms with Crippen LogP contribution in [0.2, 0.25) is 0 Å². The van der Waals surface area contributed by atoms with Gasteiger partial charge < -0.3 is 0 Å². The van der Waals surface area contributed by atoms with Gasteiger partial charge in [-0.2, -0.15) is 0 Å². The van der Waals surface area contributed by atoms with E-state index in [1.807, 2.05) is 24.3 Å². The third-order valence-corrected chi connectivity index (χ3v) is 3.11. The quantitative estimate of drug-likeness (QED) is 0.722. The molecule has 1 aromatic carbocycles. The topological polar surface area (TPSA) is 20.3 Å². The Hall–Kier alpha value is -1.41. The molecule has 0 radical (unpaired) electrons. The molecule has 0 aromatic heterocycles. The third-order valence-electron chi connectivity index (χ3n) is 3.11. The summed E-state index contributed by atoms with van der Waals surface area (Å²) in [6.07, 6.45) is 3.32. The van der Waals surface area contributed by atoms with Crippen molar-refractivity contribution in [3.63, 3.8) is 0 Å². The Morgan fingerprint density at radius 2 is 1.81 bits per heavy atom. The Labute approximate surface area is 96.6 Å². The molecule has 1 aromatic rings. The second-order valence-corrected chi connectivity index (χ2v) is 4.17. The highest BCUT2D eigenvalue weighted by Gasteiger charge is 2.22. The van der Waals surface area contributed by atoms with E-state index in [1.54, 1.807) is 0 Å². The highest BCUT2D eigenvalue weighted by atomic mass is 16.1. The van der Waals surface area contributed by atoms with Crippen molar-refractivity contribution >= 4 is 5.78 Å². The van der Waals surface area contributed by atoms with E-state index in [0.29, 0.717) is 18.6 Å². The van der Waals surface area contributed by atoms with Crippen LogP contribution in [0.1, 0.15) is 24.4 Å². The van der Waals surface area contributed by atoms with Crippen molar-refractivity contribution in [3.05, 3.63) is 48.6 Å². The molecular weight excluding hydrogens is 198 g/mol. The maximum atomic E-state index is 11.2. The van der Waals surface area contributed by atoms with Gasteiger partial charge in [-0.15, -0.1) is 6.58 Å². The number of hydrogen-bond acceptors (Lipinski definition) is 2. The Bertz CT molecular complexity index is 362. The highest BCUT2D eigenvalue weighted by Crippen LogP contribution is 2.24. The molecule has 2 rings (SSSR count). The summed E-state index contributed by atoms with van der Waals surface area (Å²) in [5, 5.41) is 0. The fraction of sp³-hybridized carbons (Fsp3) is 0.357. The first kappa shape index (κ1) is 11.1. The summed E-state index contributed by atoms with van der Waals surface area (Å²) in [5.41, 5.74) is 1.26. The van der Waals surface area contributed by atoms with Crippen molar-refractivity contribution < 1.29 is 4.79 Å². The first-order valence-corrected chi connectivity index (χ1v) is 5.74. The van der Waals surface area contributed by atoms with Gasteiger partial charge in [-0.25, -0.2) is 0 Å². The maximum absolute atomic E-state index is 11.2. The molecule has 1 heterocycles. The van der Waals surface area contributed by atoms with Crippen molar-refractivity contribution in [1.29, 1.82) is 0 Å². The lowest BCUT2D eigenvalue weighted by Crippen LogP contribution is -2.36. The molecule has 1 aliphatic heterocycles. The fourth-order valence-corrected chi connectivity index (χ4v) is 2.20. The van der Waals surface area contributed by atoms with Gasteiger partial charge in [-0.3, -0.25) is 9.69 Å². The van der Waals surface area contributed by atoms with E-state index in [-0.39, 0.29) is 6.04 Å².